The first kappa shape index (κ1) is 15.7. The maximum atomic E-state index is 13.7. The highest BCUT2D eigenvalue weighted by molar-refractivity contribution is 5.91. The number of halogens is 1. The molecule has 0 aliphatic heterocycles. The molecule has 0 radical (unpaired) electrons. The third kappa shape index (κ3) is 3.60. The van der Waals surface area contributed by atoms with Gasteiger partial charge < -0.3 is 14.8 Å². The van der Waals surface area contributed by atoms with Gasteiger partial charge in [-0.25, -0.2) is 9.37 Å². The number of nitrogens with one attached hydrogen (secondary N) is 1. The van der Waals surface area contributed by atoms with Gasteiger partial charge in [0.1, 0.15) is 17.3 Å². The molecule has 0 saturated heterocycles. The van der Waals surface area contributed by atoms with Crippen LogP contribution >= 0.6 is 0 Å². The van der Waals surface area contributed by atoms with Crippen molar-refractivity contribution in [1.29, 1.82) is 0 Å². The van der Waals surface area contributed by atoms with E-state index in [1.165, 1.54) is 18.3 Å². The van der Waals surface area contributed by atoms with E-state index in [2.05, 4.69) is 10.3 Å². The molecular formula is C18H15FN2O3. The monoisotopic (exact) mass is 326 g/mol. The summed E-state index contributed by atoms with van der Waals surface area (Å²) in [6, 6.07) is 12.7. The Morgan fingerprint density at radius 1 is 1.17 bits per heavy atom. The summed E-state index contributed by atoms with van der Waals surface area (Å²) in [5.41, 5.74) is 0.381. The Morgan fingerprint density at radius 2 is 2.00 bits per heavy atom. The molecule has 0 fully saturated rings. The average molecular weight is 326 g/mol. The first-order chi connectivity index (χ1) is 11.6. The topological polar surface area (TPSA) is 75.4 Å². The largest absolute Gasteiger partial charge is 0.504 e. The Balaban J connectivity index is 1.61. The van der Waals surface area contributed by atoms with E-state index in [9.17, 15) is 14.3 Å². The van der Waals surface area contributed by atoms with Crippen molar-refractivity contribution in [2.24, 2.45) is 0 Å². The van der Waals surface area contributed by atoms with Gasteiger partial charge in [-0.05, 0) is 36.4 Å². The zero-order valence-electron chi connectivity index (χ0n) is 12.7. The lowest BCUT2D eigenvalue weighted by atomic mass is 10.1. The number of amides is 1. The summed E-state index contributed by atoms with van der Waals surface area (Å²) in [7, 11) is 0. The lowest BCUT2D eigenvalue weighted by Gasteiger charge is -2.05. The second kappa shape index (κ2) is 6.95. The summed E-state index contributed by atoms with van der Waals surface area (Å²) < 4.78 is 19.3. The Labute approximate surface area is 137 Å². The van der Waals surface area contributed by atoms with Crippen LogP contribution in [0.4, 0.5) is 10.2 Å². The maximum absolute atomic E-state index is 13.7. The van der Waals surface area contributed by atoms with E-state index in [1.807, 2.05) is 0 Å². The van der Waals surface area contributed by atoms with Crippen molar-refractivity contribution in [3.63, 3.8) is 0 Å². The Kier molecular flexibility index (Phi) is 4.56. The van der Waals surface area contributed by atoms with Crippen LogP contribution in [0.2, 0.25) is 0 Å². The molecule has 1 amide bonds. The normalized spacial score (nSPS) is 10.5. The molecule has 0 aliphatic carbocycles. The number of aromatic hydroxyl groups is 1. The van der Waals surface area contributed by atoms with E-state index in [0.717, 1.165) is 0 Å². The van der Waals surface area contributed by atoms with Crippen LogP contribution in [0, 0.1) is 5.82 Å². The van der Waals surface area contributed by atoms with Crippen molar-refractivity contribution in [3.8, 4) is 17.1 Å². The van der Waals surface area contributed by atoms with E-state index < -0.39 is 0 Å². The van der Waals surface area contributed by atoms with Gasteiger partial charge >= 0.3 is 0 Å². The SMILES string of the molecule is O=C(CCc1ccc(-c2ccccc2F)o1)Nc1ncccc1O. The molecule has 122 valence electrons. The summed E-state index contributed by atoms with van der Waals surface area (Å²) in [6.45, 7) is 0. The number of nitrogens with zero attached hydrogens (tertiary/aromatic N) is 1. The fraction of sp³-hybridized carbons (Fsp3) is 0.111. The van der Waals surface area contributed by atoms with Gasteiger partial charge in [-0.15, -0.1) is 0 Å². The van der Waals surface area contributed by atoms with Crippen molar-refractivity contribution in [2.45, 2.75) is 12.8 Å². The quantitative estimate of drug-likeness (QED) is 0.748. The summed E-state index contributed by atoms with van der Waals surface area (Å²) in [4.78, 5) is 15.8. The minimum atomic E-state index is -0.359. The molecule has 0 spiro atoms. The van der Waals surface area contributed by atoms with Gasteiger partial charge in [-0.2, -0.15) is 0 Å². The third-order valence-electron chi connectivity index (χ3n) is 3.44. The number of benzene rings is 1. The van der Waals surface area contributed by atoms with E-state index in [-0.39, 0.29) is 29.7 Å². The van der Waals surface area contributed by atoms with Crippen LogP contribution in [-0.4, -0.2) is 16.0 Å². The molecule has 2 aromatic heterocycles. The highest BCUT2D eigenvalue weighted by Gasteiger charge is 2.11. The molecule has 0 bridgehead atoms. The summed E-state index contributed by atoms with van der Waals surface area (Å²) in [6.07, 6.45) is 1.98. The lowest BCUT2D eigenvalue weighted by Crippen LogP contribution is -2.13. The first-order valence-electron chi connectivity index (χ1n) is 7.41. The number of rotatable bonds is 5. The predicted molar refractivity (Wildman–Crippen MR) is 87.0 cm³/mol. The summed E-state index contributed by atoms with van der Waals surface area (Å²) in [5, 5.41) is 12.1. The van der Waals surface area contributed by atoms with E-state index in [4.69, 9.17) is 4.42 Å². The van der Waals surface area contributed by atoms with Gasteiger partial charge in [0.25, 0.3) is 0 Å². The number of anilines is 1. The standard InChI is InChI=1S/C18H15FN2O3/c19-14-5-2-1-4-13(14)16-9-7-12(24-16)8-10-17(23)21-18-15(22)6-3-11-20-18/h1-7,9,11,22H,8,10H2,(H,20,21,23). The van der Waals surface area contributed by atoms with E-state index >= 15 is 0 Å². The molecule has 0 saturated carbocycles. The van der Waals surface area contributed by atoms with Gasteiger partial charge in [0.2, 0.25) is 5.91 Å². The van der Waals surface area contributed by atoms with Gasteiger partial charge in [0, 0.05) is 19.0 Å². The number of aromatic nitrogens is 1. The molecule has 0 aliphatic rings. The maximum Gasteiger partial charge on any atom is 0.226 e. The van der Waals surface area contributed by atoms with Crippen molar-refractivity contribution >= 4 is 11.7 Å². The fourth-order valence-electron chi connectivity index (χ4n) is 2.24. The van der Waals surface area contributed by atoms with Crippen LogP contribution in [0.25, 0.3) is 11.3 Å². The van der Waals surface area contributed by atoms with Crippen LogP contribution in [0.5, 0.6) is 5.75 Å². The Morgan fingerprint density at radius 3 is 2.79 bits per heavy atom. The van der Waals surface area contributed by atoms with Crippen LogP contribution in [0.15, 0.2) is 59.1 Å². The first-order valence-corrected chi connectivity index (χ1v) is 7.41. The predicted octanol–water partition coefficient (Wildman–Crippen LogP) is 3.76. The third-order valence-corrected chi connectivity index (χ3v) is 3.44. The summed E-state index contributed by atoms with van der Waals surface area (Å²) in [5.74, 6) is 0.369. The van der Waals surface area contributed by atoms with Crippen molar-refractivity contribution in [2.75, 3.05) is 5.32 Å². The minimum Gasteiger partial charge on any atom is -0.504 e. The number of hydrogen-bond acceptors (Lipinski definition) is 4. The van der Waals surface area contributed by atoms with Crippen LogP contribution in [-0.2, 0) is 11.2 Å². The van der Waals surface area contributed by atoms with E-state index in [1.54, 1.807) is 36.4 Å². The van der Waals surface area contributed by atoms with Gasteiger partial charge in [0.15, 0.2) is 11.6 Å². The molecule has 0 atom stereocenters. The minimum absolute atomic E-state index is 0.0920. The molecule has 3 rings (SSSR count). The number of carbonyl (C=O) groups is 1. The zero-order chi connectivity index (χ0) is 16.9. The average Bonchev–Trinajstić information content (AvgIpc) is 3.04. The second-order valence-electron chi connectivity index (χ2n) is 5.17. The molecule has 24 heavy (non-hydrogen) atoms. The molecule has 2 N–H and O–H groups in total. The van der Waals surface area contributed by atoms with E-state index in [0.29, 0.717) is 23.5 Å². The number of furan rings is 1. The highest BCUT2D eigenvalue weighted by atomic mass is 19.1. The molecule has 5 nitrogen and oxygen atoms in total. The van der Waals surface area contributed by atoms with Gasteiger partial charge in [0.05, 0.1) is 5.56 Å². The second-order valence-corrected chi connectivity index (χ2v) is 5.17. The zero-order valence-corrected chi connectivity index (χ0v) is 12.7. The molecule has 6 heteroatoms. The number of aryl methyl sites for hydroxylation is 1. The number of pyridine rings is 1. The smallest absolute Gasteiger partial charge is 0.226 e. The number of hydrogen-bond donors (Lipinski definition) is 2. The van der Waals surface area contributed by atoms with Gasteiger partial charge in [-0.3, -0.25) is 4.79 Å². The van der Waals surface area contributed by atoms with Crippen molar-refractivity contribution in [3.05, 3.63) is 66.3 Å². The summed E-state index contributed by atoms with van der Waals surface area (Å²) >= 11 is 0. The van der Waals surface area contributed by atoms with Crippen LogP contribution in [0.1, 0.15) is 12.2 Å². The van der Waals surface area contributed by atoms with Crippen LogP contribution in [0.3, 0.4) is 0 Å². The number of carbonyl (C=O) groups excluding carboxylic acids is 1. The molecule has 0 unspecified atom stereocenters. The van der Waals surface area contributed by atoms with Crippen LogP contribution < -0.4 is 5.32 Å². The molecule has 2 heterocycles. The van der Waals surface area contributed by atoms with Crippen molar-refractivity contribution < 1.29 is 18.7 Å². The lowest BCUT2D eigenvalue weighted by molar-refractivity contribution is -0.116. The Bertz CT molecular complexity index is 861. The highest BCUT2D eigenvalue weighted by Crippen LogP contribution is 2.25. The molecule has 3 aromatic rings. The fourth-order valence-corrected chi connectivity index (χ4v) is 2.24. The van der Waals surface area contributed by atoms with Gasteiger partial charge in [-0.1, -0.05) is 12.1 Å². The Hall–Kier alpha value is -3.15. The van der Waals surface area contributed by atoms with Crippen molar-refractivity contribution in [1.82, 2.24) is 4.98 Å². The molecule has 1 aromatic carbocycles. The molecular weight excluding hydrogens is 311 g/mol.